The van der Waals surface area contributed by atoms with Crippen LogP contribution in [0, 0.1) is 0 Å². The van der Waals surface area contributed by atoms with Gasteiger partial charge in [0.05, 0.1) is 13.2 Å². The number of hydrogen-bond acceptors (Lipinski definition) is 3. The predicted molar refractivity (Wildman–Crippen MR) is 35.5 cm³/mol. The second kappa shape index (κ2) is 4.06. The molecule has 0 N–H and O–H groups in total. The Labute approximate surface area is 59.6 Å². The summed E-state index contributed by atoms with van der Waals surface area (Å²) in [4.78, 5) is 9.89. The van der Waals surface area contributed by atoms with E-state index in [9.17, 15) is 4.79 Å². The summed E-state index contributed by atoms with van der Waals surface area (Å²) < 4.78 is 9.80. The Hall–Kier alpha value is -0.830. The summed E-state index contributed by atoms with van der Waals surface area (Å²) in [6.07, 6.45) is 4.39. The average Bonchev–Trinajstić information content (AvgIpc) is 2.17. The Kier molecular flexibility index (Phi) is 2.96. The third kappa shape index (κ3) is 2.19. The van der Waals surface area contributed by atoms with E-state index in [2.05, 4.69) is 0 Å². The van der Waals surface area contributed by atoms with Crippen molar-refractivity contribution in [1.29, 1.82) is 0 Å². The normalized spacial score (nSPS) is 25.4. The van der Waals surface area contributed by atoms with Crippen molar-refractivity contribution in [3.8, 4) is 0 Å². The molecule has 0 saturated heterocycles. The van der Waals surface area contributed by atoms with Gasteiger partial charge in [0, 0.05) is 6.42 Å². The molecule has 1 aliphatic rings. The van der Waals surface area contributed by atoms with Crippen LogP contribution < -0.4 is 0 Å². The SMILES string of the molecule is O=COC1C=CCOCC1. The van der Waals surface area contributed by atoms with Crippen molar-refractivity contribution in [3.05, 3.63) is 12.2 Å². The molecule has 0 aromatic rings. The summed E-state index contributed by atoms with van der Waals surface area (Å²) in [5.41, 5.74) is 0. The zero-order valence-corrected chi connectivity index (χ0v) is 5.66. The van der Waals surface area contributed by atoms with E-state index in [0.29, 0.717) is 19.7 Å². The fraction of sp³-hybridized carbons (Fsp3) is 0.571. The zero-order chi connectivity index (χ0) is 7.23. The Morgan fingerprint density at radius 1 is 1.70 bits per heavy atom. The van der Waals surface area contributed by atoms with Crippen LogP contribution in [0.4, 0.5) is 0 Å². The van der Waals surface area contributed by atoms with Gasteiger partial charge in [-0.2, -0.15) is 0 Å². The Bertz CT molecular complexity index is 131. The minimum Gasteiger partial charge on any atom is -0.460 e. The highest BCUT2D eigenvalue weighted by Crippen LogP contribution is 2.03. The quantitative estimate of drug-likeness (QED) is 0.416. The molecule has 0 aromatic carbocycles. The van der Waals surface area contributed by atoms with Gasteiger partial charge in [-0.15, -0.1) is 0 Å². The highest BCUT2D eigenvalue weighted by molar-refractivity contribution is 5.38. The molecular formula is C7H10O3. The van der Waals surface area contributed by atoms with Gasteiger partial charge in [0.1, 0.15) is 6.10 Å². The molecule has 0 radical (unpaired) electrons. The molecule has 0 aliphatic carbocycles. The monoisotopic (exact) mass is 142 g/mol. The van der Waals surface area contributed by atoms with Crippen LogP contribution in [-0.4, -0.2) is 25.8 Å². The lowest BCUT2D eigenvalue weighted by Gasteiger charge is -2.06. The fourth-order valence-electron chi connectivity index (χ4n) is 0.839. The first-order valence-corrected chi connectivity index (χ1v) is 3.27. The molecule has 0 bridgehead atoms. The Balaban J connectivity index is 2.33. The van der Waals surface area contributed by atoms with Crippen molar-refractivity contribution >= 4 is 6.47 Å². The fourth-order valence-corrected chi connectivity index (χ4v) is 0.839. The molecule has 0 spiro atoms. The van der Waals surface area contributed by atoms with E-state index in [4.69, 9.17) is 9.47 Å². The summed E-state index contributed by atoms with van der Waals surface area (Å²) in [6.45, 7) is 1.75. The van der Waals surface area contributed by atoms with Crippen LogP contribution in [0.3, 0.4) is 0 Å². The second-order valence-electron chi connectivity index (χ2n) is 2.06. The van der Waals surface area contributed by atoms with Crippen LogP contribution in [0.2, 0.25) is 0 Å². The summed E-state index contributed by atoms with van der Waals surface area (Å²) >= 11 is 0. The molecule has 0 aromatic heterocycles. The highest BCUT2D eigenvalue weighted by atomic mass is 16.5. The molecule has 0 fully saturated rings. The van der Waals surface area contributed by atoms with Gasteiger partial charge in [-0.1, -0.05) is 6.08 Å². The first-order chi connectivity index (χ1) is 4.93. The molecule has 3 nitrogen and oxygen atoms in total. The third-order valence-corrected chi connectivity index (χ3v) is 1.34. The van der Waals surface area contributed by atoms with E-state index < -0.39 is 0 Å². The molecule has 1 atom stereocenters. The van der Waals surface area contributed by atoms with Crippen LogP contribution in [0.25, 0.3) is 0 Å². The van der Waals surface area contributed by atoms with Gasteiger partial charge in [0.15, 0.2) is 0 Å². The maximum atomic E-state index is 9.89. The van der Waals surface area contributed by atoms with E-state index in [1.807, 2.05) is 12.2 Å². The van der Waals surface area contributed by atoms with Crippen LogP contribution in [-0.2, 0) is 14.3 Å². The number of rotatable bonds is 2. The maximum Gasteiger partial charge on any atom is 0.293 e. The van der Waals surface area contributed by atoms with E-state index in [1.54, 1.807) is 0 Å². The molecule has 0 saturated carbocycles. The van der Waals surface area contributed by atoms with Gasteiger partial charge >= 0.3 is 0 Å². The van der Waals surface area contributed by atoms with Crippen molar-refractivity contribution in [2.75, 3.05) is 13.2 Å². The van der Waals surface area contributed by atoms with Crippen molar-refractivity contribution in [2.45, 2.75) is 12.5 Å². The zero-order valence-electron chi connectivity index (χ0n) is 5.66. The van der Waals surface area contributed by atoms with Crippen molar-refractivity contribution in [1.82, 2.24) is 0 Å². The molecule has 0 amide bonds. The number of hydrogen-bond donors (Lipinski definition) is 0. The van der Waals surface area contributed by atoms with Gasteiger partial charge in [-0.3, -0.25) is 4.79 Å². The van der Waals surface area contributed by atoms with Crippen LogP contribution in [0.1, 0.15) is 6.42 Å². The molecule has 1 aliphatic heterocycles. The lowest BCUT2D eigenvalue weighted by Crippen LogP contribution is -2.09. The third-order valence-electron chi connectivity index (χ3n) is 1.34. The number of ether oxygens (including phenoxy) is 2. The molecular weight excluding hydrogens is 132 g/mol. The van der Waals surface area contributed by atoms with Gasteiger partial charge < -0.3 is 9.47 Å². The van der Waals surface area contributed by atoms with Crippen molar-refractivity contribution in [3.63, 3.8) is 0 Å². The summed E-state index contributed by atoms with van der Waals surface area (Å²) in [7, 11) is 0. The minimum absolute atomic E-state index is 0.0833. The van der Waals surface area contributed by atoms with Crippen LogP contribution in [0.5, 0.6) is 0 Å². The van der Waals surface area contributed by atoms with E-state index in [0.717, 1.165) is 6.42 Å². The number of carbonyl (C=O) groups excluding carboxylic acids is 1. The Morgan fingerprint density at radius 3 is 3.40 bits per heavy atom. The first-order valence-electron chi connectivity index (χ1n) is 3.27. The van der Waals surface area contributed by atoms with Gasteiger partial charge in [0.25, 0.3) is 6.47 Å². The molecule has 3 heteroatoms. The molecule has 1 heterocycles. The van der Waals surface area contributed by atoms with E-state index in [1.165, 1.54) is 0 Å². The van der Waals surface area contributed by atoms with E-state index >= 15 is 0 Å². The highest BCUT2D eigenvalue weighted by Gasteiger charge is 2.06. The molecule has 1 unspecified atom stereocenters. The van der Waals surface area contributed by atoms with Gasteiger partial charge in [-0.05, 0) is 6.08 Å². The standard InChI is InChI=1S/C7H10O3/c8-6-10-7-2-1-4-9-5-3-7/h1-2,6-7H,3-5H2. The largest absolute Gasteiger partial charge is 0.460 e. The van der Waals surface area contributed by atoms with Gasteiger partial charge in [0.2, 0.25) is 0 Å². The lowest BCUT2D eigenvalue weighted by molar-refractivity contribution is -0.132. The predicted octanol–water partition coefficient (Wildman–Crippen LogP) is 0.504. The summed E-state index contributed by atoms with van der Waals surface area (Å²) in [6, 6.07) is 0. The topological polar surface area (TPSA) is 35.5 Å². The van der Waals surface area contributed by atoms with Crippen molar-refractivity contribution < 1.29 is 14.3 Å². The molecule has 1 rings (SSSR count). The maximum absolute atomic E-state index is 9.89. The minimum atomic E-state index is -0.0833. The average molecular weight is 142 g/mol. The van der Waals surface area contributed by atoms with Gasteiger partial charge in [-0.25, -0.2) is 0 Å². The molecule has 56 valence electrons. The molecule has 10 heavy (non-hydrogen) atoms. The first kappa shape index (κ1) is 7.28. The van der Waals surface area contributed by atoms with Crippen molar-refractivity contribution in [2.24, 2.45) is 0 Å². The summed E-state index contributed by atoms with van der Waals surface area (Å²) in [5.74, 6) is 0. The lowest BCUT2D eigenvalue weighted by atomic mass is 10.2. The Morgan fingerprint density at radius 2 is 2.60 bits per heavy atom. The number of carbonyl (C=O) groups is 1. The van der Waals surface area contributed by atoms with E-state index in [-0.39, 0.29) is 6.10 Å². The van der Waals surface area contributed by atoms with Crippen LogP contribution >= 0.6 is 0 Å². The summed E-state index contributed by atoms with van der Waals surface area (Å²) in [5, 5.41) is 0. The second-order valence-corrected chi connectivity index (χ2v) is 2.06. The van der Waals surface area contributed by atoms with Crippen LogP contribution in [0.15, 0.2) is 12.2 Å². The smallest absolute Gasteiger partial charge is 0.293 e.